The Bertz CT molecular complexity index is 2330. The number of nitrogens with one attached hydrogen (secondary N) is 3. The van der Waals surface area contributed by atoms with E-state index in [1.807, 2.05) is 32.4 Å². The molecular weight excluding hydrogens is 841 g/mol. The molecule has 20 heteroatoms. The number of fused-ring (bicyclic) bond motifs is 2. The summed E-state index contributed by atoms with van der Waals surface area (Å²) in [5, 5.41) is 12.9. The van der Waals surface area contributed by atoms with Crippen LogP contribution in [0.2, 0.25) is 0 Å². The third-order valence-corrected chi connectivity index (χ3v) is 11.4. The van der Waals surface area contributed by atoms with Gasteiger partial charge in [0.05, 0.1) is 57.0 Å². The van der Waals surface area contributed by atoms with Gasteiger partial charge < -0.3 is 44.1 Å². The maximum atomic E-state index is 13.2. The molecular formula is C45H58N10O10. The number of hydrogen-bond donors (Lipinski definition) is 3. The van der Waals surface area contributed by atoms with Crippen LogP contribution in [-0.2, 0) is 35.1 Å². The van der Waals surface area contributed by atoms with E-state index >= 15 is 0 Å². The van der Waals surface area contributed by atoms with Gasteiger partial charge in [0.15, 0.2) is 12.3 Å². The Kier molecular flexibility index (Phi) is 15.9. The van der Waals surface area contributed by atoms with Crippen molar-refractivity contribution in [2.24, 2.45) is 0 Å². The molecule has 2 aromatic heterocycles. The summed E-state index contributed by atoms with van der Waals surface area (Å²) in [4.78, 5) is 77.5. The molecule has 4 aromatic rings. The Morgan fingerprint density at radius 1 is 0.892 bits per heavy atom. The second-order valence-electron chi connectivity index (χ2n) is 16.5. The minimum Gasteiger partial charge on any atom is -0.483 e. The highest BCUT2D eigenvalue weighted by atomic mass is 16.5. The quantitative estimate of drug-likeness (QED) is 0.0719. The highest BCUT2D eigenvalue weighted by Gasteiger charge is 2.46. The summed E-state index contributed by atoms with van der Waals surface area (Å²) in [5.41, 5.74) is 4.09. The number of aromatic nitrogens is 4. The SMILES string of the molecule is CC(C)c1cnn2c(NCc3ccccc3N(C)C)nc(OC3CCN(CCOCCOCCOCCNC(=O)COc4cccc5c4C(=O)N(C4CCC(=O)NC4=O)C5=O)CC3)nc12. The summed E-state index contributed by atoms with van der Waals surface area (Å²) in [6.07, 6.45) is 3.59. The van der Waals surface area contributed by atoms with E-state index in [0.29, 0.717) is 51.5 Å². The van der Waals surface area contributed by atoms with Gasteiger partial charge in [0.25, 0.3) is 17.7 Å². The fraction of sp³-hybridized carbons (Fsp3) is 0.511. The first-order chi connectivity index (χ1) is 31.5. The fourth-order valence-electron chi connectivity index (χ4n) is 7.92. The first-order valence-corrected chi connectivity index (χ1v) is 22.1. The van der Waals surface area contributed by atoms with E-state index in [-0.39, 0.29) is 54.9 Å². The van der Waals surface area contributed by atoms with Gasteiger partial charge in [0.2, 0.25) is 17.8 Å². The molecule has 2 saturated heterocycles. The molecule has 3 aliphatic heterocycles. The summed E-state index contributed by atoms with van der Waals surface area (Å²) in [6, 6.07) is 12.0. The maximum Gasteiger partial charge on any atom is 0.322 e. The molecule has 0 saturated carbocycles. The van der Waals surface area contributed by atoms with Crippen LogP contribution in [0.5, 0.6) is 11.8 Å². The van der Waals surface area contributed by atoms with Crippen LogP contribution >= 0.6 is 0 Å². The van der Waals surface area contributed by atoms with Gasteiger partial charge in [0.1, 0.15) is 17.9 Å². The number of benzene rings is 2. The predicted molar refractivity (Wildman–Crippen MR) is 237 cm³/mol. The van der Waals surface area contributed by atoms with Gasteiger partial charge in [-0.3, -0.25) is 34.2 Å². The smallest absolute Gasteiger partial charge is 0.322 e. The first kappa shape index (κ1) is 46.8. The molecule has 0 spiro atoms. The maximum absolute atomic E-state index is 13.2. The molecule has 7 rings (SSSR count). The lowest BCUT2D eigenvalue weighted by molar-refractivity contribution is -0.136. The van der Waals surface area contributed by atoms with Crippen LogP contribution in [0.25, 0.3) is 5.65 Å². The lowest BCUT2D eigenvalue weighted by atomic mass is 10.0. The van der Waals surface area contributed by atoms with Crippen molar-refractivity contribution in [1.29, 1.82) is 0 Å². The molecule has 2 fully saturated rings. The number of rotatable bonds is 23. The van der Waals surface area contributed by atoms with Crippen LogP contribution in [0.1, 0.15) is 77.3 Å². The topological polar surface area (TPSA) is 220 Å². The fourth-order valence-corrected chi connectivity index (χ4v) is 7.92. The van der Waals surface area contributed by atoms with Crippen molar-refractivity contribution in [2.45, 2.75) is 64.1 Å². The summed E-state index contributed by atoms with van der Waals surface area (Å²) in [5.74, 6) is -2.11. The Labute approximate surface area is 377 Å². The summed E-state index contributed by atoms with van der Waals surface area (Å²) >= 11 is 0. The summed E-state index contributed by atoms with van der Waals surface area (Å²) in [6.45, 7) is 9.61. The average molecular weight is 899 g/mol. The molecule has 3 N–H and O–H groups in total. The van der Waals surface area contributed by atoms with Crippen LogP contribution in [-0.4, -0.2) is 158 Å². The minimum absolute atomic E-state index is 0.00543. The number of carbonyl (C=O) groups is 5. The number of ether oxygens (including phenoxy) is 5. The zero-order chi connectivity index (χ0) is 45.9. The van der Waals surface area contributed by atoms with Crippen molar-refractivity contribution < 1.29 is 47.7 Å². The standard InChI is InChI=1S/C45H58N10O10/c1-29(2)33-27-48-55-40(33)50-45(51-44(55)47-26-30-8-5-6-10-34(30)52(3)4)65-31-14-17-53(18-15-31)19-21-62-23-25-63-24-22-61-20-16-46-38(57)28-64-36-11-7-9-32-39(36)43(60)54(42(32)59)35-12-13-37(56)49-41(35)58/h5-11,27,29,31,35H,12-26,28H2,1-4H3,(H,46,57)(H,47,50,51)(H,49,56,58). The monoisotopic (exact) mass is 898 g/mol. The van der Waals surface area contributed by atoms with Crippen LogP contribution < -0.4 is 30.3 Å². The van der Waals surface area contributed by atoms with Gasteiger partial charge in [-0.25, -0.2) is 0 Å². The van der Waals surface area contributed by atoms with E-state index in [1.54, 1.807) is 4.52 Å². The van der Waals surface area contributed by atoms with Gasteiger partial charge in [-0.1, -0.05) is 38.1 Å². The third kappa shape index (κ3) is 11.7. The molecule has 1 atom stereocenters. The second-order valence-corrected chi connectivity index (χ2v) is 16.5. The molecule has 0 aliphatic carbocycles. The molecule has 348 valence electrons. The van der Waals surface area contributed by atoms with E-state index in [4.69, 9.17) is 33.7 Å². The number of anilines is 2. The van der Waals surface area contributed by atoms with Crippen molar-refractivity contribution in [2.75, 3.05) is 96.7 Å². The summed E-state index contributed by atoms with van der Waals surface area (Å²) in [7, 11) is 4.06. The Balaban J connectivity index is 0.728. The van der Waals surface area contributed by atoms with Gasteiger partial charge >= 0.3 is 6.01 Å². The van der Waals surface area contributed by atoms with Crippen LogP contribution in [0, 0.1) is 0 Å². The number of piperidine rings is 2. The molecule has 20 nitrogen and oxygen atoms in total. The van der Waals surface area contributed by atoms with Crippen LogP contribution in [0.15, 0.2) is 48.7 Å². The lowest BCUT2D eigenvalue weighted by Crippen LogP contribution is -2.54. The van der Waals surface area contributed by atoms with Gasteiger partial charge in [-0.05, 0) is 48.9 Å². The van der Waals surface area contributed by atoms with Crippen molar-refractivity contribution in [3.63, 3.8) is 0 Å². The third-order valence-electron chi connectivity index (χ3n) is 11.4. The molecule has 0 bridgehead atoms. The first-order valence-electron chi connectivity index (χ1n) is 22.1. The van der Waals surface area contributed by atoms with Crippen LogP contribution in [0.4, 0.5) is 11.6 Å². The predicted octanol–water partition coefficient (Wildman–Crippen LogP) is 2.42. The highest BCUT2D eigenvalue weighted by Crippen LogP contribution is 2.34. The number of hydrogen-bond acceptors (Lipinski definition) is 16. The van der Waals surface area contributed by atoms with Gasteiger partial charge in [0, 0.05) is 64.5 Å². The summed E-state index contributed by atoms with van der Waals surface area (Å²) < 4.78 is 30.7. The normalized spacial score (nSPS) is 16.9. The molecule has 5 amide bonds. The molecule has 0 radical (unpaired) electrons. The van der Waals surface area contributed by atoms with E-state index in [1.165, 1.54) is 18.2 Å². The van der Waals surface area contributed by atoms with Gasteiger partial charge in [-0.15, -0.1) is 0 Å². The number of likely N-dealkylation sites (tertiary alicyclic amines) is 1. The van der Waals surface area contributed by atoms with E-state index in [9.17, 15) is 24.0 Å². The largest absolute Gasteiger partial charge is 0.483 e. The minimum atomic E-state index is -1.10. The second kappa shape index (κ2) is 22.1. The average Bonchev–Trinajstić information content (AvgIpc) is 3.84. The number of nitrogens with zero attached hydrogens (tertiary/aromatic N) is 7. The molecule has 3 aliphatic rings. The number of carbonyl (C=O) groups excluding carboxylic acids is 5. The Hall–Kier alpha value is -6.22. The molecule has 5 heterocycles. The Morgan fingerprint density at radius 2 is 1.63 bits per heavy atom. The highest BCUT2D eigenvalue weighted by molar-refractivity contribution is 6.24. The van der Waals surface area contributed by atoms with E-state index < -0.39 is 42.2 Å². The van der Waals surface area contributed by atoms with Crippen LogP contribution in [0.3, 0.4) is 0 Å². The number of imide groups is 2. The lowest BCUT2D eigenvalue weighted by Gasteiger charge is -2.31. The zero-order valence-electron chi connectivity index (χ0n) is 37.4. The van der Waals surface area contributed by atoms with Gasteiger partial charge in [-0.2, -0.15) is 19.6 Å². The number of para-hydroxylation sites is 1. The molecule has 65 heavy (non-hydrogen) atoms. The molecule has 1 unspecified atom stereocenters. The molecule has 2 aromatic carbocycles. The zero-order valence-corrected chi connectivity index (χ0v) is 37.4. The Morgan fingerprint density at radius 3 is 2.37 bits per heavy atom. The van der Waals surface area contributed by atoms with Crippen molar-refractivity contribution in [1.82, 2.24) is 40.0 Å². The van der Waals surface area contributed by atoms with E-state index in [2.05, 4.69) is 56.8 Å². The van der Waals surface area contributed by atoms with Crippen molar-refractivity contribution >= 4 is 46.8 Å². The number of amides is 5. The van der Waals surface area contributed by atoms with Crippen molar-refractivity contribution in [3.8, 4) is 11.8 Å². The van der Waals surface area contributed by atoms with E-state index in [0.717, 1.165) is 59.8 Å². The van der Waals surface area contributed by atoms with Crippen molar-refractivity contribution in [3.05, 3.63) is 70.9 Å².